The lowest BCUT2D eigenvalue weighted by Crippen LogP contribution is -2.32. The Morgan fingerprint density at radius 2 is 2.08 bits per heavy atom. The van der Waals surface area contributed by atoms with E-state index in [-0.39, 0.29) is 5.91 Å². The summed E-state index contributed by atoms with van der Waals surface area (Å²) in [6.07, 6.45) is 4.44. The van der Waals surface area contributed by atoms with Gasteiger partial charge >= 0.3 is 0 Å². The van der Waals surface area contributed by atoms with Crippen molar-refractivity contribution in [3.63, 3.8) is 0 Å². The number of benzene rings is 1. The number of nitrogens with zero attached hydrogens (tertiary/aromatic N) is 4. The fourth-order valence-electron chi connectivity index (χ4n) is 2.73. The van der Waals surface area contributed by atoms with E-state index in [1.165, 1.54) is 11.3 Å². The van der Waals surface area contributed by atoms with E-state index in [1.807, 2.05) is 55.4 Å². The summed E-state index contributed by atoms with van der Waals surface area (Å²) in [6.45, 7) is 3.64. The summed E-state index contributed by atoms with van der Waals surface area (Å²) >= 11 is 1.42. The van der Waals surface area contributed by atoms with Crippen LogP contribution in [-0.4, -0.2) is 38.7 Å². The fraction of sp³-hybridized carbons (Fsp3) is 0.316. The smallest absolute Gasteiger partial charge is 0.266 e. The largest absolute Gasteiger partial charge is 0.334 e. The minimum Gasteiger partial charge on any atom is -0.334 e. The van der Waals surface area contributed by atoms with Crippen molar-refractivity contribution < 1.29 is 4.79 Å². The summed E-state index contributed by atoms with van der Waals surface area (Å²) in [4.78, 5) is 20.3. The molecule has 2 aromatic heterocycles. The van der Waals surface area contributed by atoms with Crippen molar-refractivity contribution in [1.29, 1.82) is 0 Å². The Morgan fingerprint density at radius 3 is 2.73 bits per heavy atom. The highest BCUT2D eigenvalue weighted by Crippen LogP contribution is 2.28. The molecule has 0 saturated carbocycles. The Hall–Kier alpha value is -2.51. The number of thiazole rings is 1. The van der Waals surface area contributed by atoms with Crippen molar-refractivity contribution in [2.45, 2.75) is 19.9 Å². The third kappa shape index (κ3) is 4.17. The van der Waals surface area contributed by atoms with Gasteiger partial charge in [0.2, 0.25) is 0 Å². The van der Waals surface area contributed by atoms with Gasteiger partial charge in [-0.3, -0.25) is 9.48 Å². The standard InChI is InChI=1S/C19H23N5OS/c1-14-17(26-18(22-14)16-11-21-23(2)13-16)19(25)24(10-6-9-20)12-15-7-4-3-5-8-15/h3-5,7-8,11,13H,6,9-10,12,20H2,1-2H3. The quantitative estimate of drug-likeness (QED) is 0.695. The first-order valence-corrected chi connectivity index (χ1v) is 9.40. The molecule has 136 valence electrons. The van der Waals surface area contributed by atoms with Gasteiger partial charge in [-0.05, 0) is 25.5 Å². The van der Waals surface area contributed by atoms with E-state index in [2.05, 4.69) is 10.1 Å². The zero-order valence-electron chi connectivity index (χ0n) is 15.1. The van der Waals surface area contributed by atoms with Crippen molar-refractivity contribution >= 4 is 17.2 Å². The van der Waals surface area contributed by atoms with E-state index in [0.29, 0.717) is 24.5 Å². The normalized spacial score (nSPS) is 10.9. The predicted octanol–water partition coefficient (Wildman–Crippen LogP) is 2.84. The van der Waals surface area contributed by atoms with E-state index >= 15 is 0 Å². The highest BCUT2D eigenvalue weighted by atomic mass is 32.1. The molecule has 2 heterocycles. The topological polar surface area (TPSA) is 77.0 Å². The van der Waals surface area contributed by atoms with Crippen molar-refractivity contribution in [3.05, 3.63) is 58.9 Å². The Morgan fingerprint density at radius 1 is 1.31 bits per heavy atom. The summed E-state index contributed by atoms with van der Waals surface area (Å²) in [5, 5.41) is 5.00. The maximum Gasteiger partial charge on any atom is 0.266 e. The molecule has 0 aliphatic rings. The molecule has 3 rings (SSSR count). The Balaban J connectivity index is 1.85. The Bertz CT molecular complexity index is 871. The summed E-state index contributed by atoms with van der Waals surface area (Å²) in [7, 11) is 1.87. The maximum absolute atomic E-state index is 13.2. The number of carbonyl (C=O) groups is 1. The molecular weight excluding hydrogens is 346 g/mol. The van der Waals surface area contributed by atoms with Gasteiger partial charge in [-0.25, -0.2) is 4.98 Å². The van der Waals surface area contributed by atoms with Crippen LogP contribution in [0.2, 0.25) is 0 Å². The maximum atomic E-state index is 13.2. The van der Waals surface area contributed by atoms with Crippen LogP contribution in [0.1, 0.15) is 27.3 Å². The van der Waals surface area contributed by atoms with Crippen molar-refractivity contribution in [1.82, 2.24) is 19.7 Å². The van der Waals surface area contributed by atoms with Gasteiger partial charge in [0.25, 0.3) is 5.91 Å². The third-order valence-corrected chi connectivity index (χ3v) is 5.27. The van der Waals surface area contributed by atoms with Crippen LogP contribution in [0.4, 0.5) is 0 Å². The zero-order chi connectivity index (χ0) is 18.5. The Kier molecular flexibility index (Phi) is 5.80. The van der Waals surface area contributed by atoms with Crippen LogP contribution in [0, 0.1) is 6.92 Å². The van der Waals surface area contributed by atoms with Crippen molar-refractivity contribution in [2.24, 2.45) is 12.8 Å². The molecule has 1 amide bonds. The lowest BCUT2D eigenvalue weighted by Gasteiger charge is -2.22. The first-order chi connectivity index (χ1) is 12.6. The number of nitrogens with two attached hydrogens (primary N) is 1. The molecule has 3 aromatic rings. The molecule has 0 atom stereocenters. The highest BCUT2D eigenvalue weighted by molar-refractivity contribution is 7.17. The molecule has 0 fully saturated rings. The van der Waals surface area contributed by atoms with Crippen LogP contribution in [0.25, 0.3) is 10.6 Å². The minimum atomic E-state index is 0.00689. The van der Waals surface area contributed by atoms with E-state index in [9.17, 15) is 4.79 Å². The second-order valence-corrected chi connectivity index (χ2v) is 7.19. The zero-order valence-corrected chi connectivity index (χ0v) is 15.9. The highest BCUT2D eigenvalue weighted by Gasteiger charge is 2.22. The molecule has 0 spiro atoms. The van der Waals surface area contributed by atoms with Crippen LogP contribution in [0.5, 0.6) is 0 Å². The van der Waals surface area contributed by atoms with Crippen LogP contribution in [-0.2, 0) is 13.6 Å². The number of aryl methyl sites for hydroxylation is 2. The monoisotopic (exact) mass is 369 g/mol. The first-order valence-electron chi connectivity index (χ1n) is 8.58. The molecule has 0 bridgehead atoms. The lowest BCUT2D eigenvalue weighted by atomic mass is 10.2. The average Bonchev–Trinajstić information content (AvgIpc) is 3.24. The molecule has 0 aliphatic heterocycles. The summed E-state index contributed by atoms with van der Waals surface area (Å²) in [5.74, 6) is 0.00689. The molecule has 0 aliphatic carbocycles. The number of rotatable bonds is 7. The summed E-state index contributed by atoms with van der Waals surface area (Å²) in [6, 6.07) is 10.0. The fourth-order valence-corrected chi connectivity index (χ4v) is 3.74. The lowest BCUT2D eigenvalue weighted by molar-refractivity contribution is 0.0746. The van der Waals surface area contributed by atoms with Gasteiger partial charge in [0, 0.05) is 31.9 Å². The van der Waals surface area contributed by atoms with Gasteiger partial charge in [0.05, 0.1) is 11.9 Å². The van der Waals surface area contributed by atoms with E-state index in [1.54, 1.807) is 10.9 Å². The molecule has 0 saturated heterocycles. The van der Waals surface area contributed by atoms with Crippen molar-refractivity contribution in [2.75, 3.05) is 13.1 Å². The number of hydrogen-bond acceptors (Lipinski definition) is 5. The first kappa shape index (κ1) is 18.3. The van der Waals surface area contributed by atoms with E-state index < -0.39 is 0 Å². The second-order valence-electron chi connectivity index (χ2n) is 6.19. The van der Waals surface area contributed by atoms with Gasteiger partial charge in [-0.2, -0.15) is 5.10 Å². The van der Waals surface area contributed by atoms with Crippen LogP contribution in [0.15, 0.2) is 42.7 Å². The molecule has 0 radical (unpaired) electrons. The van der Waals surface area contributed by atoms with Crippen LogP contribution >= 0.6 is 11.3 Å². The van der Waals surface area contributed by atoms with Crippen LogP contribution in [0.3, 0.4) is 0 Å². The number of amides is 1. The summed E-state index contributed by atoms with van der Waals surface area (Å²) < 4.78 is 1.73. The number of hydrogen-bond donors (Lipinski definition) is 1. The Labute approximate surface area is 157 Å². The van der Waals surface area contributed by atoms with E-state index in [0.717, 1.165) is 28.2 Å². The molecule has 26 heavy (non-hydrogen) atoms. The number of carbonyl (C=O) groups excluding carboxylic acids is 1. The SMILES string of the molecule is Cc1nc(-c2cnn(C)c2)sc1C(=O)N(CCCN)Cc1ccccc1. The molecular formula is C19H23N5OS. The molecule has 2 N–H and O–H groups in total. The molecule has 6 nitrogen and oxygen atoms in total. The van der Waals surface area contributed by atoms with Gasteiger partial charge in [0.1, 0.15) is 9.88 Å². The number of aromatic nitrogens is 3. The molecule has 0 unspecified atom stereocenters. The van der Waals surface area contributed by atoms with Gasteiger partial charge < -0.3 is 10.6 Å². The molecule has 7 heteroatoms. The predicted molar refractivity (Wildman–Crippen MR) is 104 cm³/mol. The van der Waals surface area contributed by atoms with Gasteiger partial charge in [-0.1, -0.05) is 30.3 Å². The average molecular weight is 369 g/mol. The summed E-state index contributed by atoms with van der Waals surface area (Å²) in [5.41, 5.74) is 8.45. The van der Waals surface area contributed by atoms with E-state index in [4.69, 9.17) is 5.73 Å². The molecule has 1 aromatic carbocycles. The second kappa shape index (κ2) is 8.25. The minimum absolute atomic E-state index is 0.00689. The van der Waals surface area contributed by atoms with Gasteiger partial charge in [-0.15, -0.1) is 11.3 Å². The van der Waals surface area contributed by atoms with Crippen LogP contribution < -0.4 is 5.73 Å². The van der Waals surface area contributed by atoms with Crippen molar-refractivity contribution in [3.8, 4) is 10.6 Å². The van der Waals surface area contributed by atoms with Gasteiger partial charge in [0.15, 0.2) is 0 Å². The third-order valence-electron chi connectivity index (χ3n) is 4.08.